The number of nitrogens with one attached hydrogen (secondary N) is 2. The lowest BCUT2D eigenvalue weighted by atomic mass is 10.0. The largest absolute Gasteiger partial charge is 0.481 e. The summed E-state index contributed by atoms with van der Waals surface area (Å²) in [6.07, 6.45) is 0.803. The molecule has 0 radical (unpaired) electrons. The van der Waals surface area contributed by atoms with E-state index in [1.807, 2.05) is 44.2 Å². The fraction of sp³-hybridized carbons (Fsp3) is 0.400. The number of aliphatic carboxylic acids is 1. The van der Waals surface area contributed by atoms with E-state index in [1.54, 1.807) is 12.1 Å². The molecule has 1 heterocycles. The standard InChI is InChI=1S/C25H29N3O6/c1-15(2)22(27-23(32)18-10-9-16-6-3-4-7-17(16)12-18)25(34)28-11-5-8-20(28)24(33)26-19(14-29)13-21(30)31/h3-4,6-7,9-10,12,14-15,19-20,22H,5,8,11,13H2,1-2H3,(H,26,33)(H,27,32)(H,30,31)/t19-,20-,22-/m0/s1. The third-order valence-corrected chi connectivity index (χ3v) is 5.96. The van der Waals surface area contributed by atoms with Crippen molar-refractivity contribution < 1.29 is 29.1 Å². The van der Waals surface area contributed by atoms with Crippen LogP contribution in [0.15, 0.2) is 42.5 Å². The zero-order chi connectivity index (χ0) is 24.8. The molecule has 9 heteroatoms. The first-order valence-corrected chi connectivity index (χ1v) is 11.3. The van der Waals surface area contributed by atoms with Crippen molar-refractivity contribution in [3.05, 3.63) is 48.0 Å². The smallest absolute Gasteiger partial charge is 0.305 e. The lowest BCUT2D eigenvalue weighted by Gasteiger charge is -2.31. The molecule has 1 aliphatic rings. The second-order valence-electron chi connectivity index (χ2n) is 8.80. The summed E-state index contributed by atoms with van der Waals surface area (Å²) in [5.41, 5.74) is 0.426. The number of hydrogen-bond acceptors (Lipinski definition) is 5. The number of carboxylic acids is 1. The summed E-state index contributed by atoms with van der Waals surface area (Å²) in [4.78, 5) is 62.5. The van der Waals surface area contributed by atoms with Crippen LogP contribution in [0, 0.1) is 5.92 Å². The Hall–Kier alpha value is -3.75. The van der Waals surface area contributed by atoms with Crippen molar-refractivity contribution in [1.29, 1.82) is 0 Å². The molecule has 180 valence electrons. The summed E-state index contributed by atoms with van der Waals surface area (Å²) in [5, 5.41) is 16.0. The van der Waals surface area contributed by atoms with E-state index in [9.17, 15) is 24.0 Å². The van der Waals surface area contributed by atoms with Crippen molar-refractivity contribution in [3.8, 4) is 0 Å². The number of fused-ring (bicyclic) bond motifs is 1. The minimum atomic E-state index is -1.21. The van der Waals surface area contributed by atoms with Crippen LogP contribution in [0.3, 0.4) is 0 Å². The van der Waals surface area contributed by atoms with E-state index in [0.717, 1.165) is 10.8 Å². The molecular formula is C25H29N3O6. The summed E-state index contributed by atoms with van der Waals surface area (Å²) in [6.45, 7) is 3.95. The lowest BCUT2D eigenvalue weighted by Crippen LogP contribution is -2.56. The number of carbonyl (C=O) groups excluding carboxylic acids is 4. The first kappa shape index (κ1) is 24.9. The fourth-order valence-electron chi connectivity index (χ4n) is 4.15. The molecule has 3 amide bonds. The highest BCUT2D eigenvalue weighted by Gasteiger charge is 2.39. The van der Waals surface area contributed by atoms with Gasteiger partial charge in [0, 0.05) is 12.1 Å². The van der Waals surface area contributed by atoms with Crippen LogP contribution in [0.25, 0.3) is 10.8 Å². The summed E-state index contributed by atoms with van der Waals surface area (Å²) in [6, 6.07) is 10.1. The molecule has 0 bridgehead atoms. The average Bonchev–Trinajstić information content (AvgIpc) is 3.31. The lowest BCUT2D eigenvalue weighted by molar-refractivity contribution is -0.142. The average molecular weight is 468 g/mol. The zero-order valence-corrected chi connectivity index (χ0v) is 19.2. The number of carbonyl (C=O) groups is 5. The summed E-state index contributed by atoms with van der Waals surface area (Å²) in [7, 11) is 0. The molecule has 0 aromatic heterocycles. The van der Waals surface area contributed by atoms with E-state index in [1.165, 1.54) is 4.90 Å². The van der Waals surface area contributed by atoms with Crippen LogP contribution < -0.4 is 10.6 Å². The van der Waals surface area contributed by atoms with E-state index in [0.29, 0.717) is 31.2 Å². The number of aldehydes is 1. The maximum absolute atomic E-state index is 13.4. The molecule has 0 saturated carbocycles. The first-order chi connectivity index (χ1) is 16.2. The van der Waals surface area contributed by atoms with Crippen LogP contribution in [0.1, 0.15) is 43.5 Å². The van der Waals surface area contributed by atoms with Gasteiger partial charge in [-0.05, 0) is 41.7 Å². The predicted octanol–water partition coefficient (Wildman–Crippen LogP) is 1.74. The second-order valence-corrected chi connectivity index (χ2v) is 8.80. The first-order valence-electron chi connectivity index (χ1n) is 11.3. The second kappa shape index (κ2) is 10.9. The molecule has 3 atom stereocenters. The molecule has 3 rings (SSSR count). The minimum absolute atomic E-state index is 0.240. The Morgan fingerprint density at radius 2 is 1.79 bits per heavy atom. The van der Waals surface area contributed by atoms with E-state index in [4.69, 9.17) is 5.11 Å². The number of carboxylic acid groups (broad SMARTS) is 1. The van der Waals surface area contributed by atoms with E-state index in [2.05, 4.69) is 10.6 Å². The Balaban J connectivity index is 1.73. The van der Waals surface area contributed by atoms with E-state index < -0.39 is 36.4 Å². The topological polar surface area (TPSA) is 133 Å². The van der Waals surface area contributed by atoms with Crippen LogP contribution in [-0.4, -0.2) is 64.7 Å². The van der Waals surface area contributed by atoms with Crippen LogP contribution in [-0.2, 0) is 19.2 Å². The molecule has 34 heavy (non-hydrogen) atoms. The van der Waals surface area contributed by atoms with Crippen LogP contribution in [0.4, 0.5) is 0 Å². The zero-order valence-electron chi connectivity index (χ0n) is 19.2. The minimum Gasteiger partial charge on any atom is -0.481 e. The van der Waals surface area contributed by atoms with Crippen molar-refractivity contribution in [2.75, 3.05) is 6.54 Å². The number of benzene rings is 2. The van der Waals surface area contributed by atoms with Gasteiger partial charge < -0.3 is 25.4 Å². The maximum Gasteiger partial charge on any atom is 0.305 e. The van der Waals surface area contributed by atoms with Gasteiger partial charge in [0.15, 0.2) is 0 Å². The Bertz CT molecular complexity index is 1100. The molecule has 1 fully saturated rings. The predicted molar refractivity (Wildman–Crippen MR) is 125 cm³/mol. The Morgan fingerprint density at radius 1 is 1.09 bits per heavy atom. The van der Waals surface area contributed by atoms with Crippen molar-refractivity contribution in [2.24, 2.45) is 5.92 Å². The highest BCUT2D eigenvalue weighted by molar-refractivity contribution is 6.01. The van der Waals surface area contributed by atoms with E-state index in [-0.39, 0.29) is 17.7 Å². The van der Waals surface area contributed by atoms with Crippen LogP contribution >= 0.6 is 0 Å². The van der Waals surface area contributed by atoms with E-state index >= 15 is 0 Å². The van der Waals surface area contributed by atoms with Gasteiger partial charge in [-0.15, -0.1) is 0 Å². The maximum atomic E-state index is 13.4. The number of rotatable bonds is 9. The number of likely N-dealkylation sites (tertiary alicyclic amines) is 1. The number of amides is 3. The molecule has 0 aliphatic carbocycles. The number of hydrogen-bond donors (Lipinski definition) is 3. The third-order valence-electron chi connectivity index (χ3n) is 5.96. The van der Waals surface area contributed by atoms with Crippen molar-refractivity contribution >= 4 is 40.7 Å². The van der Waals surface area contributed by atoms with Crippen molar-refractivity contribution in [3.63, 3.8) is 0 Å². The molecule has 0 spiro atoms. The summed E-state index contributed by atoms with van der Waals surface area (Å²) in [5.74, 6) is -2.81. The molecule has 3 N–H and O–H groups in total. The quantitative estimate of drug-likeness (QED) is 0.481. The van der Waals surface area contributed by atoms with Crippen LogP contribution in [0.2, 0.25) is 0 Å². The Morgan fingerprint density at radius 3 is 2.44 bits per heavy atom. The van der Waals surface area contributed by atoms with Gasteiger partial charge in [-0.2, -0.15) is 0 Å². The molecule has 1 aliphatic heterocycles. The molecule has 0 unspecified atom stereocenters. The van der Waals surface area contributed by atoms with Gasteiger partial charge in [-0.1, -0.05) is 44.2 Å². The molecule has 9 nitrogen and oxygen atoms in total. The third kappa shape index (κ3) is 5.78. The molecule has 2 aromatic carbocycles. The molecule has 2 aromatic rings. The Kier molecular flexibility index (Phi) is 7.99. The molecule has 1 saturated heterocycles. The number of nitrogens with zero attached hydrogens (tertiary/aromatic N) is 1. The van der Waals surface area contributed by atoms with Crippen molar-refractivity contribution in [2.45, 2.75) is 51.2 Å². The van der Waals surface area contributed by atoms with Gasteiger partial charge in [-0.25, -0.2) is 0 Å². The summed E-state index contributed by atoms with van der Waals surface area (Å²) >= 11 is 0. The van der Waals surface area contributed by atoms with Gasteiger partial charge >= 0.3 is 5.97 Å². The van der Waals surface area contributed by atoms with Gasteiger partial charge in [0.25, 0.3) is 5.91 Å². The SMILES string of the molecule is CC(C)[C@H](NC(=O)c1ccc2ccccc2c1)C(=O)N1CCC[C@H]1C(=O)N[C@H](C=O)CC(=O)O. The van der Waals surface area contributed by atoms with Gasteiger partial charge in [-0.3, -0.25) is 19.2 Å². The fourth-order valence-corrected chi connectivity index (χ4v) is 4.15. The van der Waals surface area contributed by atoms with Gasteiger partial charge in [0.05, 0.1) is 12.5 Å². The highest BCUT2D eigenvalue weighted by Crippen LogP contribution is 2.21. The molecular weight excluding hydrogens is 438 g/mol. The van der Waals surface area contributed by atoms with Crippen LogP contribution in [0.5, 0.6) is 0 Å². The normalized spacial score (nSPS) is 17.3. The van der Waals surface area contributed by atoms with Gasteiger partial charge in [0.2, 0.25) is 11.8 Å². The monoisotopic (exact) mass is 467 g/mol. The highest BCUT2D eigenvalue weighted by atomic mass is 16.4. The summed E-state index contributed by atoms with van der Waals surface area (Å²) < 4.78 is 0. The Labute approximate surface area is 197 Å². The van der Waals surface area contributed by atoms with Gasteiger partial charge in [0.1, 0.15) is 18.4 Å². The van der Waals surface area contributed by atoms with Crippen molar-refractivity contribution in [1.82, 2.24) is 15.5 Å².